The summed E-state index contributed by atoms with van der Waals surface area (Å²) < 4.78 is 5.64. The molecule has 2 aromatic rings. The van der Waals surface area contributed by atoms with E-state index < -0.39 is 0 Å². The van der Waals surface area contributed by atoms with Gasteiger partial charge in [0.25, 0.3) is 0 Å². The highest BCUT2D eigenvalue weighted by atomic mass is 35.5. The predicted molar refractivity (Wildman–Crippen MR) is 84.6 cm³/mol. The molecule has 3 nitrogen and oxygen atoms in total. The second kappa shape index (κ2) is 7.02. The average Bonchev–Trinajstić information content (AvgIpc) is 2.43. The quantitative estimate of drug-likeness (QED) is 0.768. The normalized spacial score (nSPS) is 10.4. The van der Waals surface area contributed by atoms with Crippen LogP contribution in [0.4, 0.5) is 5.82 Å². The summed E-state index contributed by atoms with van der Waals surface area (Å²) >= 11 is 18.2. The number of nitrogens with zero attached hydrogens (tertiary/aromatic N) is 1. The van der Waals surface area contributed by atoms with E-state index in [1.165, 1.54) is 0 Å². The summed E-state index contributed by atoms with van der Waals surface area (Å²) in [6.07, 6.45) is 0.960. The predicted octanol–water partition coefficient (Wildman–Crippen LogP) is 5.66. The maximum Gasteiger partial charge on any atom is 0.240 e. The summed E-state index contributed by atoms with van der Waals surface area (Å²) in [7, 11) is 0. The lowest BCUT2D eigenvalue weighted by Crippen LogP contribution is -2.03. The fourth-order valence-corrected chi connectivity index (χ4v) is 2.16. The second-order valence-corrected chi connectivity index (χ2v) is 5.29. The Bertz CT molecular complexity index is 605. The van der Waals surface area contributed by atoms with E-state index in [1.54, 1.807) is 18.2 Å². The Morgan fingerprint density at radius 2 is 1.85 bits per heavy atom. The summed E-state index contributed by atoms with van der Waals surface area (Å²) in [4.78, 5) is 4.29. The fourth-order valence-electron chi connectivity index (χ4n) is 1.52. The molecular formula is C14H13Cl3N2O. The first-order valence-electron chi connectivity index (χ1n) is 6.14. The van der Waals surface area contributed by atoms with E-state index in [2.05, 4.69) is 17.2 Å². The van der Waals surface area contributed by atoms with E-state index in [-0.39, 0.29) is 5.88 Å². The molecule has 6 heteroatoms. The van der Waals surface area contributed by atoms with Crippen LogP contribution in [0.2, 0.25) is 15.1 Å². The van der Waals surface area contributed by atoms with Crippen LogP contribution >= 0.6 is 34.8 Å². The van der Waals surface area contributed by atoms with E-state index in [9.17, 15) is 0 Å². The van der Waals surface area contributed by atoms with E-state index in [4.69, 9.17) is 39.5 Å². The summed E-state index contributed by atoms with van der Waals surface area (Å²) in [6.45, 7) is 2.82. The molecule has 0 fully saturated rings. The van der Waals surface area contributed by atoms with Gasteiger partial charge in [0.1, 0.15) is 16.6 Å². The maximum absolute atomic E-state index is 6.09. The van der Waals surface area contributed by atoms with Crippen molar-refractivity contribution >= 4 is 40.6 Å². The monoisotopic (exact) mass is 330 g/mol. The van der Waals surface area contributed by atoms with Gasteiger partial charge in [0.05, 0.1) is 10.0 Å². The van der Waals surface area contributed by atoms with Gasteiger partial charge in [-0.1, -0.05) is 53.9 Å². The number of rotatable bonds is 5. The van der Waals surface area contributed by atoms with Crippen LogP contribution in [0, 0.1) is 0 Å². The fraction of sp³-hybridized carbons (Fsp3) is 0.214. The molecule has 1 aromatic heterocycles. The Morgan fingerprint density at radius 3 is 2.55 bits per heavy atom. The number of aromatic nitrogens is 1. The van der Waals surface area contributed by atoms with Gasteiger partial charge in [-0.2, -0.15) is 4.98 Å². The van der Waals surface area contributed by atoms with Crippen molar-refractivity contribution in [3.05, 3.63) is 45.4 Å². The summed E-state index contributed by atoms with van der Waals surface area (Å²) in [5.41, 5.74) is 0. The molecule has 0 saturated heterocycles. The van der Waals surface area contributed by atoms with Crippen molar-refractivity contribution in [3.63, 3.8) is 0 Å². The minimum absolute atomic E-state index is 0.266. The maximum atomic E-state index is 6.09. The molecule has 0 aliphatic rings. The number of anilines is 1. The van der Waals surface area contributed by atoms with Crippen molar-refractivity contribution in [2.45, 2.75) is 13.3 Å². The number of para-hydroxylation sites is 1. The van der Waals surface area contributed by atoms with Crippen LogP contribution in [-0.4, -0.2) is 11.5 Å². The number of benzene rings is 1. The van der Waals surface area contributed by atoms with Gasteiger partial charge < -0.3 is 10.1 Å². The van der Waals surface area contributed by atoms with Gasteiger partial charge in [0.15, 0.2) is 0 Å². The minimum atomic E-state index is 0.266. The van der Waals surface area contributed by atoms with Crippen LogP contribution < -0.4 is 10.1 Å². The van der Waals surface area contributed by atoms with E-state index >= 15 is 0 Å². The molecule has 0 amide bonds. The van der Waals surface area contributed by atoms with Crippen LogP contribution in [0.3, 0.4) is 0 Å². The molecule has 0 unspecified atom stereocenters. The molecule has 0 radical (unpaired) electrons. The second-order valence-electron chi connectivity index (χ2n) is 4.07. The standard InChI is InChI=1S/C14H13Cl3N2O/c1-2-7-18-13-10(16)8-11(17)14(19-13)20-12-6-4-3-5-9(12)15/h3-6,8H,2,7H2,1H3,(H,18,19). The SMILES string of the molecule is CCCNc1nc(Oc2ccccc2Cl)c(Cl)cc1Cl. The molecule has 0 spiro atoms. The number of hydrogen-bond donors (Lipinski definition) is 1. The van der Waals surface area contributed by atoms with Crippen LogP contribution in [0.1, 0.15) is 13.3 Å². The molecule has 0 atom stereocenters. The van der Waals surface area contributed by atoms with Crippen molar-refractivity contribution in [3.8, 4) is 11.6 Å². The van der Waals surface area contributed by atoms with Gasteiger partial charge in [-0.05, 0) is 24.6 Å². The molecule has 2 rings (SSSR count). The third-order valence-corrected chi connectivity index (χ3v) is 3.35. The molecule has 0 bridgehead atoms. The molecule has 0 saturated carbocycles. The Hall–Kier alpha value is -1.16. The highest BCUT2D eigenvalue weighted by molar-refractivity contribution is 6.36. The highest BCUT2D eigenvalue weighted by Gasteiger charge is 2.12. The largest absolute Gasteiger partial charge is 0.436 e. The smallest absolute Gasteiger partial charge is 0.240 e. The van der Waals surface area contributed by atoms with Gasteiger partial charge in [-0.25, -0.2) is 0 Å². The summed E-state index contributed by atoms with van der Waals surface area (Å²) in [6, 6.07) is 8.72. The summed E-state index contributed by atoms with van der Waals surface area (Å²) in [5.74, 6) is 1.30. The van der Waals surface area contributed by atoms with Crippen molar-refractivity contribution in [2.24, 2.45) is 0 Å². The third kappa shape index (κ3) is 3.69. The number of hydrogen-bond acceptors (Lipinski definition) is 3. The Kier molecular flexibility index (Phi) is 5.35. The number of pyridine rings is 1. The highest BCUT2D eigenvalue weighted by Crippen LogP contribution is 2.35. The van der Waals surface area contributed by atoms with Crippen molar-refractivity contribution in [1.29, 1.82) is 0 Å². The van der Waals surface area contributed by atoms with Crippen LogP contribution in [0.25, 0.3) is 0 Å². The summed E-state index contributed by atoms with van der Waals surface area (Å²) in [5, 5.41) is 4.39. The van der Waals surface area contributed by atoms with Crippen LogP contribution in [0.15, 0.2) is 30.3 Å². The Balaban J connectivity index is 2.29. The van der Waals surface area contributed by atoms with Crippen molar-refractivity contribution < 1.29 is 4.74 Å². The van der Waals surface area contributed by atoms with Gasteiger partial charge >= 0.3 is 0 Å². The minimum Gasteiger partial charge on any atom is -0.436 e. The number of nitrogens with one attached hydrogen (secondary N) is 1. The molecule has 0 aliphatic carbocycles. The molecular weight excluding hydrogens is 319 g/mol. The third-order valence-electron chi connectivity index (χ3n) is 2.48. The first kappa shape index (κ1) is 15.2. The van der Waals surface area contributed by atoms with Crippen molar-refractivity contribution in [2.75, 3.05) is 11.9 Å². The first-order valence-corrected chi connectivity index (χ1v) is 7.27. The lowest BCUT2D eigenvalue weighted by molar-refractivity contribution is 0.464. The van der Waals surface area contributed by atoms with Crippen LogP contribution in [0.5, 0.6) is 11.6 Å². The topological polar surface area (TPSA) is 34.2 Å². The zero-order valence-corrected chi connectivity index (χ0v) is 13.1. The zero-order chi connectivity index (χ0) is 14.5. The molecule has 0 aliphatic heterocycles. The molecule has 1 aromatic carbocycles. The van der Waals surface area contributed by atoms with Gasteiger partial charge in [0, 0.05) is 6.54 Å². The van der Waals surface area contributed by atoms with E-state index in [1.807, 2.05) is 12.1 Å². The lowest BCUT2D eigenvalue weighted by atomic mass is 10.3. The van der Waals surface area contributed by atoms with Crippen LogP contribution in [-0.2, 0) is 0 Å². The van der Waals surface area contributed by atoms with Gasteiger partial charge in [-0.3, -0.25) is 0 Å². The lowest BCUT2D eigenvalue weighted by Gasteiger charge is -2.12. The first-order chi connectivity index (χ1) is 9.61. The van der Waals surface area contributed by atoms with Crippen molar-refractivity contribution in [1.82, 2.24) is 4.98 Å². The molecule has 1 heterocycles. The van der Waals surface area contributed by atoms with E-state index in [0.717, 1.165) is 13.0 Å². The molecule has 20 heavy (non-hydrogen) atoms. The Labute approximate surface area is 132 Å². The molecule has 1 N–H and O–H groups in total. The van der Waals surface area contributed by atoms with Gasteiger partial charge in [-0.15, -0.1) is 0 Å². The van der Waals surface area contributed by atoms with E-state index in [0.29, 0.717) is 26.6 Å². The number of ether oxygens (including phenoxy) is 1. The van der Waals surface area contributed by atoms with Gasteiger partial charge in [0.2, 0.25) is 5.88 Å². The molecule has 106 valence electrons. The Morgan fingerprint density at radius 1 is 1.10 bits per heavy atom. The average molecular weight is 332 g/mol. The number of halogens is 3. The zero-order valence-electron chi connectivity index (χ0n) is 10.8.